The van der Waals surface area contributed by atoms with E-state index in [2.05, 4.69) is 37.1 Å². The molecule has 0 unspecified atom stereocenters. The summed E-state index contributed by atoms with van der Waals surface area (Å²) in [6.45, 7) is 4.51. The van der Waals surface area contributed by atoms with Crippen LogP contribution in [0.2, 0.25) is 5.02 Å². The summed E-state index contributed by atoms with van der Waals surface area (Å²) >= 11 is 6.06. The molecule has 5 heteroatoms. The van der Waals surface area contributed by atoms with Crippen molar-refractivity contribution in [3.05, 3.63) is 80.9 Å². The van der Waals surface area contributed by atoms with Crippen LogP contribution < -0.4 is 5.56 Å². The smallest absolute Gasteiger partial charge is 0.291 e. The van der Waals surface area contributed by atoms with Gasteiger partial charge in [-0.25, -0.2) is 4.68 Å². The van der Waals surface area contributed by atoms with Crippen molar-refractivity contribution < 1.29 is 0 Å². The maximum atomic E-state index is 13.0. The van der Waals surface area contributed by atoms with E-state index in [1.807, 2.05) is 34.7 Å². The third-order valence-corrected chi connectivity index (χ3v) is 4.68. The predicted molar refractivity (Wildman–Crippen MR) is 102 cm³/mol. The number of halogens is 1. The topological polar surface area (TPSA) is 39.3 Å². The summed E-state index contributed by atoms with van der Waals surface area (Å²) in [6, 6.07) is 15.7. The highest BCUT2D eigenvalue weighted by atomic mass is 35.5. The lowest BCUT2D eigenvalue weighted by molar-refractivity contribution is 0.605. The molecule has 4 rings (SSSR count). The molecule has 0 amide bonds. The minimum atomic E-state index is -0.0916. The monoisotopic (exact) mass is 351 g/mol. The van der Waals surface area contributed by atoms with Crippen molar-refractivity contribution in [1.29, 1.82) is 0 Å². The summed E-state index contributed by atoms with van der Waals surface area (Å²) < 4.78 is 3.51. The van der Waals surface area contributed by atoms with Crippen LogP contribution in [0.15, 0.2) is 53.3 Å². The van der Waals surface area contributed by atoms with Crippen LogP contribution in [0.25, 0.3) is 16.4 Å². The van der Waals surface area contributed by atoms with E-state index in [1.165, 1.54) is 10.2 Å². The summed E-state index contributed by atoms with van der Waals surface area (Å²) in [6.07, 6.45) is 0.740. The first kappa shape index (κ1) is 15.9. The van der Waals surface area contributed by atoms with E-state index in [0.29, 0.717) is 17.1 Å². The van der Waals surface area contributed by atoms with Gasteiger partial charge < -0.3 is 0 Å². The molecule has 0 saturated carbocycles. The van der Waals surface area contributed by atoms with Gasteiger partial charge >= 0.3 is 0 Å². The lowest BCUT2D eigenvalue weighted by Crippen LogP contribution is -2.27. The molecule has 2 heterocycles. The maximum absolute atomic E-state index is 13.0. The van der Waals surface area contributed by atoms with Gasteiger partial charge in [0.2, 0.25) is 0 Å². The number of hydrogen-bond donors (Lipinski definition) is 0. The summed E-state index contributed by atoms with van der Waals surface area (Å²) in [5.74, 6) is 0.871. The van der Waals surface area contributed by atoms with Crippen LogP contribution in [0.4, 0.5) is 0 Å². The van der Waals surface area contributed by atoms with Crippen LogP contribution in [-0.4, -0.2) is 14.2 Å². The number of aryl methyl sites for hydroxylation is 2. The van der Waals surface area contributed by atoms with Gasteiger partial charge in [-0.3, -0.25) is 9.20 Å². The summed E-state index contributed by atoms with van der Waals surface area (Å²) in [4.78, 5) is 13.0. The first-order valence-corrected chi connectivity index (χ1v) is 8.71. The molecule has 0 radical (unpaired) electrons. The second-order valence-corrected chi connectivity index (χ2v) is 6.73. The molecule has 2 aromatic heterocycles. The summed E-state index contributed by atoms with van der Waals surface area (Å²) in [7, 11) is 0. The van der Waals surface area contributed by atoms with Crippen LogP contribution in [0, 0.1) is 6.92 Å². The zero-order valence-electron chi connectivity index (χ0n) is 14.2. The molecule has 4 aromatic rings. The Labute approximate surface area is 150 Å². The highest BCUT2D eigenvalue weighted by molar-refractivity contribution is 6.30. The van der Waals surface area contributed by atoms with Crippen molar-refractivity contribution in [2.75, 3.05) is 0 Å². The largest absolute Gasteiger partial charge is 0.291 e. The zero-order chi connectivity index (χ0) is 17.6. The Balaban J connectivity index is 1.96. The molecule has 0 atom stereocenters. The Bertz CT molecular complexity index is 1160. The third-order valence-electron chi connectivity index (χ3n) is 4.44. The van der Waals surface area contributed by atoms with E-state index in [9.17, 15) is 4.79 Å². The fourth-order valence-corrected chi connectivity index (χ4v) is 3.49. The van der Waals surface area contributed by atoms with Gasteiger partial charge in [0.25, 0.3) is 5.56 Å². The van der Waals surface area contributed by atoms with Gasteiger partial charge in [-0.1, -0.05) is 42.3 Å². The molecule has 0 aliphatic rings. The van der Waals surface area contributed by atoms with Crippen molar-refractivity contribution >= 4 is 28.0 Å². The van der Waals surface area contributed by atoms with E-state index in [-0.39, 0.29) is 5.56 Å². The molecule has 0 bridgehead atoms. The molecule has 2 aromatic carbocycles. The lowest BCUT2D eigenvalue weighted by atomic mass is 10.2. The first-order chi connectivity index (χ1) is 12.1. The van der Waals surface area contributed by atoms with Crippen molar-refractivity contribution in [1.82, 2.24) is 14.2 Å². The average molecular weight is 352 g/mol. The first-order valence-electron chi connectivity index (χ1n) is 8.33. The Morgan fingerprint density at radius 3 is 2.68 bits per heavy atom. The van der Waals surface area contributed by atoms with Gasteiger partial charge in [-0.15, -0.1) is 0 Å². The average Bonchev–Trinajstić information content (AvgIpc) is 2.96. The number of aromatic nitrogens is 3. The number of rotatable bonds is 3. The Kier molecular flexibility index (Phi) is 3.85. The van der Waals surface area contributed by atoms with Gasteiger partial charge in [0.1, 0.15) is 11.3 Å². The van der Waals surface area contributed by atoms with E-state index < -0.39 is 0 Å². The van der Waals surface area contributed by atoms with Crippen molar-refractivity contribution in [2.45, 2.75) is 26.8 Å². The molecular weight excluding hydrogens is 334 g/mol. The van der Waals surface area contributed by atoms with Gasteiger partial charge in [-0.2, -0.15) is 5.10 Å². The second-order valence-electron chi connectivity index (χ2n) is 6.29. The van der Waals surface area contributed by atoms with Gasteiger partial charge in [0.15, 0.2) is 0 Å². The number of benzene rings is 2. The minimum Gasteiger partial charge on any atom is -0.291 e. The quantitative estimate of drug-likeness (QED) is 0.554. The summed E-state index contributed by atoms with van der Waals surface area (Å²) in [5.41, 5.74) is 3.73. The Morgan fingerprint density at radius 1 is 1.08 bits per heavy atom. The molecule has 0 aliphatic carbocycles. The molecule has 126 valence electrons. The van der Waals surface area contributed by atoms with Crippen molar-refractivity contribution in [3.8, 4) is 0 Å². The fourth-order valence-electron chi connectivity index (χ4n) is 3.28. The molecule has 0 fully saturated rings. The Morgan fingerprint density at radius 2 is 1.92 bits per heavy atom. The number of hydrogen-bond acceptors (Lipinski definition) is 2. The van der Waals surface area contributed by atoms with Crippen LogP contribution in [-0.2, 0) is 13.0 Å². The molecule has 4 nitrogen and oxygen atoms in total. The second kappa shape index (κ2) is 6.05. The van der Waals surface area contributed by atoms with Crippen molar-refractivity contribution in [3.63, 3.8) is 0 Å². The lowest BCUT2D eigenvalue weighted by Gasteiger charge is -2.10. The van der Waals surface area contributed by atoms with E-state index in [1.54, 1.807) is 0 Å². The van der Waals surface area contributed by atoms with Gasteiger partial charge in [0.05, 0.1) is 12.1 Å². The highest BCUT2D eigenvalue weighted by Gasteiger charge is 2.14. The van der Waals surface area contributed by atoms with E-state index in [0.717, 1.165) is 28.7 Å². The van der Waals surface area contributed by atoms with Gasteiger partial charge in [0, 0.05) is 16.8 Å². The number of nitrogens with zero attached hydrogens (tertiary/aromatic N) is 3. The minimum absolute atomic E-state index is 0.0916. The van der Waals surface area contributed by atoms with Crippen molar-refractivity contribution in [2.24, 2.45) is 0 Å². The van der Waals surface area contributed by atoms with Gasteiger partial charge in [-0.05, 0) is 42.8 Å². The standard InChI is InChI=1S/C20H18ClN3O/c1-3-19-22-23(12-14-5-4-6-16(21)10-14)20(25)18-11-15-9-13(2)7-8-17(15)24(18)19/h4-11H,3,12H2,1-2H3. The zero-order valence-corrected chi connectivity index (χ0v) is 14.9. The SMILES string of the molecule is CCc1nn(Cc2cccc(Cl)c2)c(=O)c2cc3cc(C)ccc3n12. The van der Waals surface area contributed by atoms with Crippen LogP contribution in [0.1, 0.15) is 23.9 Å². The predicted octanol–water partition coefficient (Wildman–Crippen LogP) is 4.22. The molecular formula is C20H18ClN3O. The molecule has 0 saturated heterocycles. The van der Waals surface area contributed by atoms with Crippen LogP contribution >= 0.6 is 11.6 Å². The molecule has 0 N–H and O–H groups in total. The van der Waals surface area contributed by atoms with E-state index in [4.69, 9.17) is 11.6 Å². The number of fused-ring (bicyclic) bond motifs is 3. The third kappa shape index (κ3) is 2.72. The normalized spacial score (nSPS) is 11.5. The molecule has 0 spiro atoms. The molecule has 0 aliphatic heterocycles. The fraction of sp³-hybridized carbons (Fsp3) is 0.200. The van der Waals surface area contributed by atoms with Crippen LogP contribution in [0.5, 0.6) is 0 Å². The van der Waals surface area contributed by atoms with E-state index >= 15 is 0 Å². The summed E-state index contributed by atoms with van der Waals surface area (Å²) in [5, 5.41) is 6.34. The van der Waals surface area contributed by atoms with Crippen LogP contribution in [0.3, 0.4) is 0 Å². The molecule has 25 heavy (non-hydrogen) atoms. The Hall–Kier alpha value is -2.59. The maximum Gasteiger partial charge on any atom is 0.291 e. The highest BCUT2D eigenvalue weighted by Crippen LogP contribution is 2.21.